The van der Waals surface area contributed by atoms with Gasteiger partial charge in [-0.1, -0.05) is 0 Å². The van der Waals surface area contributed by atoms with Gasteiger partial charge in [-0.2, -0.15) is 0 Å². The fourth-order valence-electron chi connectivity index (χ4n) is 1.77. The standard InChI is InChI=1S/C15H19N3O/c1-4-16-15-9-14(17-10-18-15)12-5-7-13(8-6-12)19-11(2)3/h5-11H,4H2,1-3H3,(H,16,17,18). The summed E-state index contributed by atoms with van der Waals surface area (Å²) >= 11 is 0. The molecule has 4 heteroatoms. The molecule has 0 bridgehead atoms. The second-order valence-corrected chi connectivity index (χ2v) is 4.51. The zero-order valence-corrected chi connectivity index (χ0v) is 11.6. The molecule has 0 amide bonds. The minimum absolute atomic E-state index is 0.185. The van der Waals surface area contributed by atoms with Crippen LogP contribution < -0.4 is 10.1 Å². The van der Waals surface area contributed by atoms with Gasteiger partial charge < -0.3 is 10.1 Å². The number of rotatable bonds is 5. The Kier molecular flexibility index (Phi) is 4.34. The average molecular weight is 257 g/mol. The third-order valence-corrected chi connectivity index (χ3v) is 2.55. The molecule has 0 aliphatic carbocycles. The summed E-state index contributed by atoms with van der Waals surface area (Å²) in [4.78, 5) is 8.46. The van der Waals surface area contributed by atoms with Crippen LogP contribution in [0.1, 0.15) is 20.8 Å². The van der Waals surface area contributed by atoms with Gasteiger partial charge in [-0.15, -0.1) is 0 Å². The van der Waals surface area contributed by atoms with E-state index in [1.807, 2.05) is 51.1 Å². The number of hydrogen-bond acceptors (Lipinski definition) is 4. The predicted octanol–water partition coefficient (Wildman–Crippen LogP) is 3.36. The van der Waals surface area contributed by atoms with E-state index >= 15 is 0 Å². The van der Waals surface area contributed by atoms with Crippen LogP contribution in [0.2, 0.25) is 0 Å². The molecule has 100 valence electrons. The van der Waals surface area contributed by atoms with E-state index in [4.69, 9.17) is 4.74 Å². The van der Waals surface area contributed by atoms with E-state index in [9.17, 15) is 0 Å². The normalized spacial score (nSPS) is 10.5. The highest BCUT2D eigenvalue weighted by Crippen LogP contribution is 2.22. The largest absolute Gasteiger partial charge is 0.491 e. The first-order chi connectivity index (χ1) is 9.19. The zero-order chi connectivity index (χ0) is 13.7. The Balaban J connectivity index is 2.19. The Morgan fingerprint density at radius 2 is 1.89 bits per heavy atom. The molecule has 2 aromatic rings. The Hall–Kier alpha value is -2.10. The van der Waals surface area contributed by atoms with E-state index in [2.05, 4.69) is 15.3 Å². The summed E-state index contributed by atoms with van der Waals surface area (Å²) in [7, 11) is 0. The van der Waals surface area contributed by atoms with Gasteiger partial charge in [0.25, 0.3) is 0 Å². The SMILES string of the molecule is CCNc1cc(-c2ccc(OC(C)C)cc2)ncn1. The van der Waals surface area contributed by atoms with E-state index in [1.54, 1.807) is 6.33 Å². The van der Waals surface area contributed by atoms with Gasteiger partial charge in [-0.25, -0.2) is 9.97 Å². The van der Waals surface area contributed by atoms with Crippen LogP contribution in [-0.4, -0.2) is 22.6 Å². The Morgan fingerprint density at radius 1 is 1.16 bits per heavy atom. The van der Waals surface area contributed by atoms with Crippen molar-refractivity contribution >= 4 is 5.82 Å². The number of aromatic nitrogens is 2. The van der Waals surface area contributed by atoms with Crippen LogP contribution in [-0.2, 0) is 0 Å². The summed E-state index contributed by atoms with van der Waals surface area (Å²) in [6.07, 6.45) is 1.76. The van der Waals surface area contributed by atoms with Crippen LogP contribution >= 0.6 is 0 Å². The van der Waals surface area contributed by atoms with Crippen molar-refractivity contribution in [2.24, 2.45) is 0 Å². The summed E-state index contributed by atoms with van der Waals surface area (Å²) in [6.45, 7) is 6.92. The van der Waals surface area contributed by atoms with Crippen molar-refractivity contribution < 1.29 is 4.74 Å². The first-order valence-corrected chi connectivity index (χ1v) is 6.52. The number of nitrogens with zero attached hydrogens (tertiary/aromatic N) is 2. The molecule has 1 N–H and O–H groups in total. The highest BCUT2D eigenvalue weighted by Gasteiger charge is 2.03. The summed E-state index contributed by atoms with van der Waals surface area (Å²) in [5.41, 5.74) is 1.96. The molecule has 2 rings (SSSR count). The summed E-state index contributed by atoms with van der Waals surface area (Å²) in [5.74, 6) is 1.72. The van der Waals surface area contributed by atoms with E-state index in [0.717, 1.165) is 29.4 Å². The minimum atomic E-state index is 0.185. The maximum atomic E-state index is 5.62. The number of nitrogens with one attached hydrogen (secondary N) is 1. The lowest BCUT2D eigenvalue weighted by Gasteiger charge is -2.10. The van der Waals surface area contributed by atoms with Gasteiger partial charge in [-0.05, 0) is 45.0 Å². The van der Waals surface area contributed by atoms with Crippen molar-refractivity contribution in [2.75, 3.05) is 11.9 Å². The van der Waals surface area contributed by atoms with Crippen molar-refractivity contribution in [3.05, 3.63) is 36.7 Å². The molecule has 1 aromatic carbocycles. The molecule has 0 atom stereocenters. The molecule has 0 saturated carbocycles. The van der Waals surface area contributed by atoms with Crippen LogP contribution in [0.15, 0.2) is 36.7 Å². The van der Waals surface area contributed by atoms with Crippen molar-refractivity contribution in [3.63, 3.8) is 0 Å². The van der Waals surface area contributed by atoms with E-state index in [-0.39, 0.29) is 6.10 Å². The first-order valence-electron chi connectivity index (χ1n) is 6.52. The van der Waals surface area contributed by atoms with Gasteiger partial charge in [0.1, 0.15) is 17.9 Å². The summed E-state index contributed by atoms with van der Waals surface area (Å²) in [5, 5.41) is 3.18. The molecular formula is C15H19N3O. The third-order valence-electron chi connectivity index (χ3n) is 2.55. The average Bonchev–Trinajstić information content (AvgIpc) is 2.40. The van der Waals surface area contributed by atoms with E-state index in [0.29, 0.717) is 0 Å². The van der Waals surface area contributed by atoms with Gasteiger partial charge in [-0.3, -0.25) is 0 Å². The maximum Gasteiger partial charge on any atom is 0.129 e. The van der Waals surface area contributed by atoms with Crippen LogP contribution in [0, 0.1) is 0 Å². The van der Waals surface area contributed by atoms with Crippen molar-refractivity contribution in [1.82, 2.24) is 9.97 Å². The Morgan fingerprint density at radius 3 is 2.53 bits per heavy atom. The molecule has 0 unspecified atom stereocenters. The van der Waals surface area contributed by atoms with Crippen molar-refractivity contribution in [3.8, 4) is 17.0 Å². The smallest absolute Gasteiger partial charge is 0.129 e. The number of hydrogen-bond donors (Lipinski definition) is 1. The first kappa shape index (κ1) is 13.3. The monoisotopic (exact) mass is 257 g/mol. The van der Waals surface area contributed by atoms with Crippen LogP contribution in [0.4, 0.5) is 5.82 Å². The molecule has 4 nitrogen and oxygen atoms in total. The topological polar surface area (TPSA) is 47.0 Å². The maximum absolute atomic E-state index is 5.62. The van der Waals surface area contributed by atoms with Gasteiger partial charge in [0.15, 0.2) is 0 Å². The van der Waals surface area contributed by atoms with Gasteiger partial charge in [0.05, 0.1) is 11.8 Å². The molecule has 0 fully saturated rings. The molecular weight excluding hydrogens is 238 g/mol. The lowest BCUT2D eigenvalue weighted by atomic mass is 10.1. The van der Waals surface area contributed by atoms with Crippen LogP contribution in [0.3, 0.4) is 0 Å². The number of ether oxygens (including phenoxy) is 1. The molecule has 0 aliphatic heterocycles. The lowest BCUT2D eigenvalue weighted by molar-refractivity contribution is 0.242. The fraction of sp³-hybridized carbons (Fsp3) is 0.333. The molecule has 1 heterocycles. The van der Waals surface area contributed by atoms with E-state index < -0.39 is 0 Å². The molecule has 0 radical (unpaired) electrons. The lowest BCUT2D eigenvalue weighted by Crippen LogP contribution is -2.05. The number of anilines is 1. The quantitative estimate of drug-likeness (QED) is 0.892. The third kappa shape index (κ3) is 3.68. The van der Waals surface area contributed by atoms with Crippen molar-refractivity contribution in [2.45, 2.75) is 26.9 Å². The van der Waals surface area contributed by atoms with Gasteiger partial charge in [0.2, 0.25) is 0 Å². The van der Waals surface area contributed by atoms with Crippen LogP contribution in [0.5, 0.6) is 5.75 Å². The van der Waals surface area contributed by atoms with Crippen molar-refractivity contribution in [1.29, 1.82) is 0 Å². The Bertz CT molecular complexity index is 523. The second kappa shape index (κ2) is 6.18. The van der Waals surface area contributed by atoms with Gasteiger partial charge in [0, 0.05) is 18.2 Å². The Labute approximate surface area is 113 Å². The second-order valence-electron chi connectivity index (χ2n) is 4.51. The van der Waals surface area contributed by atoms with E-state index in [1.165, 1.54) is 0 Å². The highest BCUT2D eigenvalue weighted by molar-refractivity contribution is 5.62. The summed E-state index contributed by atoms with van der Waals surface area (Å²) < 4.78 is 5.62. The number of benzene rings is 1. The van der Waals surface area contributed by atoms with Crippen LogP contribution in [0.25, 0.3) is 11.3 Å². The molecule has 1 aromatic heterocycles. The molecule has 19 heavy (non-hydrogen) atoms. The highest BCUT2D eigenvalue weighted by atomic mass is 16.5. The fourth-order valence-corrected chi connectivity index (χ4v) is 1.77. The minimum Gasteiger partial charge on any atom is -0.491 e. The zero-order valence-electron chi connectivity index (χ0n) is 11.6. The molecule has 0 aliphatic rings. The van der Waals surface area contributed by atoms with Gasteiger partial charge >= 0.3 is 0 Å². The molecule has 0 saturated heterocycles. The predicted molar refractivity (Wildman–Crippen MR) is 77.4 cm³/mol. The molecule has 0 spiro atoms. The summed E-state index contributed by atoms with van der Waals surface area (Å²) in [6, 6.07) is 9.89.